The molecular formula is C20H22N4O6. The van der Waals surface area contributed by atoms with Crippen molar-refractivity contribution in [3.8, 4) is 22.8 Å². The number of carbonyl (C=O) groups is 1. The maximum Gasteiger partial charge on any atom is 0.290 e. The molecule has 0 bridgehead atoms. The summed E-state index contributed by atoms with van der Waals surface area (Å²) in [5.74, 6) is 1.52. The van der Waals surface area contributed by atoms with Gasteiger partial charge >= 0.3 is 0 Å². The van der Waals surface area contributed by atoms with E-state index in [1.807, 2.05) is 36.7 Å². The molecule has 2 aromatic heterocycles. The monoisotopic (exact) mass is 414 g/mol. The van der Waals surface area contributed by atoms with Crippen molar-refractivity contribution in [2.24, 2.45) is 0 Å². The van der Waals surface area contributed by atoms with Crippen LogP contribution >= 0.6 is 0 Å². The molecule has 10 nitrogen and oxygen atoms in total. The van der Waals surface area contributed by atoms with Crippen LogP contribution < -0.4 is 4.74 Å². The third kappa shape index (κ3) is 3.56. The number of hydrogen-bond acceptors (Lipinski definition) is 7. The first-order chi connectivity index (χ1) is 14.7. The Morgan fingerprint density at radius 1 is 1.20 bits per heavy atom. The van der Waals surface area contributed by atoms with Crippen molar-refractivity contribution in [1.82, 2.24) is 19.3 Å². The molecule has 1 aromatic carbocycles. The average Bonchev–Trinajstić information content (AvgIpc) is 3.54. The van der Waals surface area contributed by atoms with Crippen LogP contribution in [0.25, 0.3) is 17.1 Å². The lowest BCUT2D eigenvalue weighted by Crippen LogP contribution is -2.30. The third-order valence-corrected chi connectivity index (χ3v) is 5.22. The third-order valence-electron chi connectivity index (χ3n) is 5.22. The Hall–Kier alpha value is -3.21. The van der Waals surface area contributed by atoms with Crippen LogP contribution in [0.2, 0.25) is 0 Å². The van der Waals surface area contributed by atoms with E-state index >= 15 is 0 Å². The van der Waals surface area contributed by atoms with Gasteiger partial charge in [0, 0.05) is 30.4 Å². The number of imidazole rings is 1. The largest absolute Gasteiger partial charge is 0.497 e. The van der Waals surface area contributed by atoms with E-state index in [0.717, 1.165) is 22.8 Å². The summed E-state index contributed by atoms with van der Waals surface area (Å²) in [4.78, 5) is 13.0. The zero-order valence-electron chi connectivity index (χ0n) is 16.2. The molecule has 4 atom stereocenters. The lowest BCUT2D eigenvalue weighted by molar-refractivity contribution is -0.122. The molecule has 2 saturated heterocycles. The van der Waals surface area contributed by atoms with Gasteiger partial charge in [-0.05, 0) is 24.3 Å². The topological polar surface area (TPSA) is 121 Å². The van der Waals surface area contributed by atoms with Gasteiger partial charge in [-0.25, -0.2) is 9.67 Å². The van der Waals surface area contributed by atoms with Crippen molar-refractivity contribution in [2.75, 3.05) is 20.3 Å². The Kier molecular flexibility index (Phi) is 5.79. The van der Waals surface area contributed by atoms with Crippen molar-refractivity contribution in [3.05, 3.63) is 49.1 Å². The molecule has 0 spiro atoms. The van der Waals surface area contributed by atoms with Gasteiger partial charge in [0.25, 0.3) is 6.47 Å². The minimum atomic E-state index is -0.580. The Morgan fingerprint density at radius 2 is 2.00 bits per heavy atom. The number of ether oxygens (including phenoxy) is 3. The fraction of sp³-hybridized carbons (Fsp3) is 0.350. The van der Waals surface area contributed by atoms with Crippen molar-refractivity contribution in [2.45, 2.75) is 24.4 Å². The number of hydrogen-bond donors (Lipinski definition) is 2. The number of fused-ring (bicyclic) bond motifs is 1. The SMILES string of the molecule is COc1ccc(-n2cccn2)c(-c2nccn2[C@H]2CO[C@H]3[C@@H]2OC[C@H]3O)c1.O=CO. The maximum absolute atomic E-state index is 10.0. The molecule has 0 aliphatic carbocycles. The van der Waals surface area contributed by atoms with Gasteiger partial charge in [0.2, 0.25) is 0 Å². The highest BCUT2D eigenvalue weighted by atomic mass is 16.6. The zero-order valence-corrected chi connectivity index (χ0v) is 16.2. The number of aliphatic hydroxyl groups is 1. The summed E-state index contributed by atoms with van der Waals surface area (Å²) in [6.07, 6.45) is 6.26. The Labute approximate surface area is 172 Å². The van der Waals surface area contributed by atoms with E-state index in [1.165, 1.54) is 0 Å². The second-order valence-corrected chi connectivity index (χ2v) is 6.83. The number of nitrogens with zero attached hydrogens (tertiary/aromatic N) is 4. The molecule has 5 rings (SSSR count). The molecule has 30 heavy (non-hydrogen) atoms. The van der Waals surface area contributed by atoms with E-state index in [2.05, 4.69) is 14.6 Å². The van der Waals surface area contributed by atoms with Gasteiger partial charge in [0.1, 0.15) is 29.9 Å². The molecule has 0 unspecified atom stereocenters. The highest BCUT2D eigenvalue weighted by Crippen LogP contribution is 2.38. The molecule has 0 saturated carbocycles. The number of aliphatic hydroxyl groups excluding tert-OH is 1. The van der Waals surface area contributed by atoms with E-state index in [0.29, 0.717) is 13.2 Å². The fourth-order valence-corrected chi connectivity index (χ4v) is 3.92. The van der Waals surface area contributed by atoms with Crippen LogP contribution in [-0.2, 0) is 14.3 Å². The molecule has 4 heterocycles. The standard InChI is InChI=1S/C19H20N4O4.CH2O2/c1-25-12-3-4-14(23-7-2-5-21-23)13(9-12)19-20-6-8-22(19)15-10-26-18-16(24)11-27-17(15)18;2-1-3/h2-9,15-18,24H,10-11H2,1H3;1H,(H,2,3)/t15-,16+,17+,18+;/m0./s1. The van der Waals surface area contributed by atoms with Crippen LogP contribution in [-0.4, -0.2) is 74.7 Å². The number of methoxy groups -OCH3 is 1. The predicted molar refractivity (Wildman–Crippen MR) is 105 cm³/mol. The van der Waals surface area contributed by atoms with Crippen LogP contribution in [0, 0.1) is 0 Å². The maximum atomic E-state index is 10.0. The smallest absolute Gasteiger partial charge is 0.290 e. The quantitative estimate of drug-likeness (QED) is 0.610. The Morgan fingerprint density at radius 3 is 2.73 bits per heavy atom. The number of aromatic nitrogens is 4. The van der Waals surface area contributed by atoms with Crippen LogP contribution in [0.5, 0.6) is 5.75 Å². The summed E-state index contributed by atoms with van der Waals surface area (Å²) in [6.45, 7) is 0.518. The first kappa shape index (κ1) is 20.1. The molecule has 158 valence electrons. The highest BCUT2D eigenvalue weighted by molar-refractivity contribution is 5.70. The summed E-state index contributed by atoms with van der Waals surface area (Å²) in [5, 5.41) is 21.3. The molecule has 10 heteroatoms. The minimum Gasteiger partial charge on any atom is -0.497 e. The average molecular weight is 414 g/mol. The second-order valence-electron chi connectivity index (χ2n) is 6.83. The van der Waals surface area contributed by atoms with Crippen molar-refractivity contribution in [1.29, 1.82) is 0 Å². The molecule has 2 N–H and O–H groups in total. The van der Waals surface area contributed by atoms with Gasteiger partial charge in [-0.2, -0.15) is 5.10 Å². The molecule has 2 aliphatic heterocycles. The summed E-state index contributed by atoms with van der Waals surface area (Å²) in [6, 6.07) is 7.64. The van der Waals surface area contributed by atoms with E-state index in [4.69, 9.17) is 24.1 Å². The molecular weight excluding hydrogens is 392 g/mol. The first-order valence-corrected chi connectivity index (χ1v) is 9.38. The molecule has 2 aliphatic rings. The van der Waals surface area contributed by atoms with Gasteiger partial charge in [0.15, 0.2) is 0 Å². The Balaban J connectivity index is 0.000000687. The van der Waals surface area contributed by atoms with Crippen LogP contribution in [0.15, 0.2) is 49.1 Å². The number of benzene rings is 1. The summed E-state index contributed by atoms with van der Waals surface area (Å²) >= 11 is 0. The van der Waals surface area contributed by atoms with Gasteiger partial charge in [-0.1, -0.05) is 0 Å². The van der Waals surface area contributed by atoms with Crippen LogP contribution in [0.1, 0.15) is 6.04 Å². The van der Waals surface area contributed by atoms with E-state index < -0.39 is 6.10 Å². The minimum absolute atomic E-state index is 0.0543. The first-order valence-electron chi connectivity index (χ1n) is 9.38. The van der Waals surface area contributed by atoms with Crippen molar-refractivity contribution in [3.63, 3.8) is 0 Å². The molecule has 3 aromatic rings. The molecule has 0 amide bonds. The fourth-order valence-electron chi connectivity index (χ4n) is 3.92. The zero-order chi connectivity index (χ0) is 21.1. The van der Waals surface area contributed by atoms with Gasteiger partial charge < -0.3 is 29.0 Å². The van der Waals surface area contributed by atoms with Crippen LogP contribution in [0.4, 0.5) is 0 Å². The Bertz CT molecular complexity index is 989. The van der Waals surface area contributed by atoms with E-state index in [-0.39, 0.29) is 24.7 Å². The van der Waals surface area contributed by atoms with Crippen molar-refractivity contribution < 1.29 is 29.2 Å². The van der Waals surface area contributed by atoms with Crippen LogP contribution in [0.3, 0.4) is 0 Å². The number of carboxylic acid groups (broad SMARTS) is 1. The number of rotatable bonds is 4. The van der Waals surface area contributed by atoms with Gasteiger partial charge in [-0.15, -0.1) is 0 Å². The molecule has 0 radical (unpaired) electrons. The normalized spacial score (nSPS) is 24.7. The van der Waals surface area contributed by atoms with Gasteiger partial charge in [-0.3, -0.25) is 4.79 Å². The predicted octanol–water partition coefficient (Wildman–Crippen LogP) is 1.14. The summed E-state index contributed by atoms with van der Waals surface area (Å²) < 4.78 is 20.9. The second kappa shape index (κ2) is 8.66. The summed E-state index contributed by atoms with van der Waals surface area (Å²) in [5.41, 5.74) is 1.79. The van der Waals surface area contributed by atoms with Gasteiger partial charge in [0.05, 0.1) is 32.1 Å². The van der Waals surface area contributed by atoms with Crippen molar-refractivity contribution >= 4 is 6.47 Å². The van der Waals surface area contributed by atoms with E-state index in [9.17, 15) is 5.11 Å². The summed E-state index contributed by atoms with van der Waals surface area (Å²) in [7, 11) is 1.64. The van der Waals surface area contributed by atoms with E-state index in [1.54, 1.807) is 24.2 Å². The molecule has 2 fully saturated rings. The lowest BCUT2D eigenvalue weighted by atomic mass is 10.1. The highest BCUT2D eigenvalue weighted by Gasteiger charge is 2.48. The lowest BCUT2D eigenvalue weighted by Gasteiger charge is -2.21.